The lowest BCUT2D eigenvalue weighted by Gasteiger charge is -2.35. The van der Waals surface area contributed by atoms with Gasteiger partial charge >= 0.3 is 12.2 Å². The van der Waals surface area contributed by atoms with Gasteiger partial charge in [-0.3, -0.25) is 0 Å². The molecule has 0 spiro atoms. The van der Waals surface area contributed by atoms with Crippen LogP contribution in [0.2, 0.25) is 0 Å². The third kappa shape index (κ3) is 2.09. The molecule has 13 heavy (non-hydrogen) atoms. The third-order valence-corrected chi connectivity index (χ3v) is 1.77. The highest BCUT2D eigenvalue weighted by Gasteiger charge is 2.59. The standard InChI is InChI=1S/C6H9F4NO2/c7-5(8,6(9,10)12)11-1-3-13-4-2-11/h12H,1-4H2. The van der Waals surface area contributed by atoms with Gasteiger partial charge in [0.05, 0.1) is 13.2 Å². The molecule has 1 aliphatic heterocycles. The first-order valence-corrected chi connectivity index (χ1v) is 3.66. The SMILES string of the molecule is OC(F)(F)C(F)(F)N1CCOCC1. The second-order valence-corrected chi connectivity index (χ2v) is 2.68. The zero-order valence-corrected chi connectivity index (χ0v) is 6.64. The number of ether oxygens (including phenoxy) is 1. The molecule has 0 radical (unpaired) electrons. The second-order valence-electron chi connectivity index (χ2n) is 2.68. The highest BCUT2D eigenvalue weighted by Crippen LogP contribution is 2.35. The van der Waals surface area contributed by atoms with Crippen molar-refractivity contribution in [2.45, 2.75) is 12.2 Å². The molecule has 1 aliphatic rings. The van der Waals surface area contributed by atoms with Crippen LogP contribution < -0.4 is 0 Å². The maximum Gasteiger partial charge on any atom is 0.432 e. The number of halogens is 4. The summed E-state index contributed by atoms with van der Waals surface area (Å²) in [6.07, 6.45) is -5.01. The molecule has 1 rings (SSSR count). The molecule has 1 N–H and O–H groups in total. The van der Waals surface area contributed by atoms with E-state index in [0.29, 0.717) is 0 Å². The lowest BCUT2D eigenvalue weighted by molar-refractivity contribution is -0.378. The summed E-state index contributed by atoms with van der Waals surface area (Å²) in [5.74, 6) is 0. The highest BCUT2D eigenvalue weighted by molar-refractivity contribution is 4.78. The van der Waals surface area contributed by atoms with Gasteiger partial charge in [-0.05, 0) is 0 Å². The zero-order valence-electron chi connectivity index (χ0n) is 6.64. The summed E-state index contributed by atoms with van der Waals surface area (Å²) in [6, 6.07) is -4.52. The minimum Gasteiger partial charge on any atom is -0.379 e. The number of morpholine rings is 1. The Morgan fingerprint density at radius 3 is 1.92 bits per heavy atom. The summed E-state index contributed by atoms with van der Waals surface area (Å²) in [7, 11) is 0. The number of hydrogen-bond donors (Lipinski definition) is 1. The van der Waals surface area contributed by atoms with E-state index in [-0.39, 0.29) is 31.2 Å². The Bertz CT molecular complexity index is 176. The lowest BCUT2D eigenvalue weighted by atomic mass is 10.3. The van der Waals surface area contributed by atoms with Crippen LogP contribution in [0.1, 0.15) is 0 Å². The number of rotatable bonds is 2. The van der Waals surface area contributed by atoms with Gasteiger partial charge in [0, 0.05) is 13.1 Å². The van der Waals surface area contributed by atoms with Crippen molar-refractivity contribution in [3.8, 4) is 0 Å². The molecule has 0 bridgehead atoms. The molecular formula is C6H9F4NO2. The van der Waals surface area contributed by atoms with Gasteiger partial charge in [0.15, 0.2) is 0 Å². The van der Waals surface area contributed by atoms with E-state index in [1.807, 2.05) is 0 Å². The fourth-order valence-corrected chi connectivity index (χ4v) is 1.03. The maximum atomic E-state index is 12.7. The predicted octanol–water partition coefficient (Wildman–Crippen LogP) is 0.497. The van der Waals surface area contributed by atoms with Gasteiger partial charge in [0.25, 0.3) is 0 Å². The molecule has 7 heteroatoms. The van der Waals surface area contributed by atoms with E-state index >= 15 is 0 Å². The molecule has 0 unspecified atom stereocenters. The highest BCUT2D eigenvalue weighted by atomic mass is 19.3. The molecular weight excluding hydrogens is 194 g/mol. The van der Waals surface area contributed by atoms with Crippen molar-refractivity contribution in [3.63, 3.8) is 0 Å². The first-order chi connectivity index (χ1) is 5.86. The monoisotopic (exact) mass is 203 g/mol. The molecule has 0 atom stereocenters. The van der Waals surface area contributed by atoms with E-state index in [4.69, 9.17) is 9.84 Å². The Kier molecular flexibility index (Phi) is 2.79. The van der Waals surface area contributed by atoms with Crippen LogP contribution in [0, 0.1) is 0 Å². The van der Waals surface area contributed by atoms with Crippen LogP contribution in [0.5, 0.6) is 0 Å². The van der Waals surface area contributed by atoms with Gasteiger partial charge in [0.2, 0.25) is 0 Å². The Morgan fingerprint density at radius 1 is 1.08 bits per heavy atom. The van der Waals surface area contributed by atoms with Gasteiger partial charge < -0.3 is 9.84 Å². The van der Waals surface area contributed by atoms with Crippen molar-refractivity contribution in [2.75, 3.05) is 26.3 Å². The van der Waals surface area contributed by atoms with Gasteiger partial charge in [-0.15, -0.1) is 0 Å². The summed E-state index contributed by atoms with van der Waals surface area (Å²) in [6.45, 7) is -0.705. The number of aliphatic hydroxyl groups is 1. The third-order valence-electron chi connectivity index (χ3n) is 1.77. The fourth-order valence-electron chi connectivity index (χ4n) is 1.03. The van der Waals surface area contributed by atoms with Crippen molar-refractivity contribution >= 4 is 0 Å². The van der Waals surface area contributed by atoms with Crippen molar-refractivity contribution in [1.82, 2.24) is 4.90 Å². The Morgan fingerprint density at radius 2 is 1.54 bits per heavy atom. The Hall–Kier alpha value is -0.400. The molecule has 1 heterocycles. The quantitative estimate of drug-likeness (QED) is 0.524. The van der Waals surface area contributed by atoms with E-state index in [2.05, 4.69) is 0 Å². The van der Waals surface area contributed by atoms with Crippen LogP contribution in [0.15, 0.2) is 0 Å². The number of nitrogens with zero attached hydrogens (tertiary/aromatic N) is 1. The Balaban J connectivity index is 2.67. The first-order valence-electron chi connectivity index (χ1n) is 3.66. The number of alkyl halides is 4. The smallest absolute Gasteiger partial charge is 0.379 e. The van der Waals surface area contributed by atoms with E-state index in [1.54, 1.807) is 0 Å². The van der Waals surface area contributed by atoms with Gasteiger partial charge in [-0.25, -0.2) is 4.90 Å². The molecule has 0 aromatic carbocycles. The molecule has 0 aliphatic carbocycles. The molecule has 0 saturated carbocycles. The summed E-state index contributed by atoms with van der Waals surface area (Å²) in [4.78, 5) is 0.205. The fraction of sp³-hybridized carbons (Fsp3) is 1.00. The largest absolute Gasteiger partial charge is 0.432 e. The van der Waals surface area contributed by atoms with Crippen LogP contribution in [-0.4, -0.2) is 48.5 Å². The van der Waals surface area contributed by atoms with Crippen LogP contribution in [0.25, 0.3) is 0 Å². The molecule has 0 aromatic heterocycles. The second kappa shape index (κ2) is 3.39. The van der Waals surface area contributed by atoms with Crippen LogP contribution in [0.4, 0.5) is 17.6 Å². The van der Waals surface area contributed by atoms with Gasteiger partial charge in [0.1, 0.15) is 0 Å². The normalized spacial score (nSPS) is 21.9. The van der Waals surface area contributed by atoms with Crippen molar-refractivity contribution in [3.05, 3.63) is 0 Å². The van der Waals surface area contributed by atoms with E-state index < -0.39 is 12.2 Å². The van der Waals surface area contributed by atoms with E-state index in [9.17, 15) is 17.6 Å². The summed E-state index contributed by atoms with van der Waals surface area (Å²) < 4.78 is 54.1. The van der Waals surface area contributed by atoms with Gasteiger partial charge in [-0.2, -0.15) is 17.6 Å². The topological polar surface area (TPSA) is 32.7 Å². The van der Waals surface area contributed by atoms with Crippen molar-refractivity contribution in [2.24, 2.45) is 0 Å². The first kappa shape index (κ1) is 10.7. The lowest BCUT2D eigenvalue weighted by Crippen LogP contribution is -2.57. The van der Waals surface area contributed by atoms with Crippen LogP contribution in [-0.2, 0) is 4.74 Å². The molecule has 0 aromatic rings. The minimum absolute atomic E-state index is 0.0360. The zero-order chi connectivity index (χ0) is 10.1. The van der Waals surface area contributed by atoms with E-state index in [0.717, 1.165) is 0 Å². The van der Waals surface area contributed by atoms with E-state index in [1.165, 1.54) is 0 Å². The molecule has 1 saturated heterocycles. The molecule has 0 amide bonds. The van der Waals surface area contributed by atoms with Crippen molar-refractivity contribution in [1.29, 1.82) is 0 Å². The summed E-state index contributed by atoms with van der Waals surface area (Å²) >= 11 is 0. The summed E-state index contributed by atoms with van der Waals surface area (Å²) in [5, 5.41) is 7.93. The Labute approximate surface area is 71.9 Å². The van der Waals surface area contributed by atoms with Crippen LogP contribution in [0.3, 0.4) is 0 Å². The average Bonchev–Trinajstić information content (AvgIpc) is 2.04. The van der Waals surface area contributed by atoms with Crippen molar-refractivity contribution < 1.29 is 27.4 Å². The molecule has 3 nitrogen and oxygen atoms in total. The van der Waals surface area contributed by atoms with Crippen LogP contribution >= 0.6 is 0 Å². The summed E-state index contributed by atoms with van der Waals surface area (Å²) in [5.41, 5.74) is 0. The molecule has 78 valence electrons. The predicted molar refractivity (Wildman–Crippen MR) is 34.5 cm³/mol. The average molecular weight is 203 g/mol. The minimum atomic E-state index is -5.01. The maximum absolute atomic E-state index is 12.7. The number of hydrogen-bond acceptors (Lipinski definition) is 3. The van der Waals surface area contributed by atoms with Gasteiger partial charge in [-0.1, -0.05) is 0 Å². The molecule has 1 fully saturated rings.